The van der Waals surface area contributed by atoms with Crippen molar-refractivity contribution in [3.63, 3.8) is 0 Å². The molecule has 1 aromatic rings. The second-order valence-electron chi connectivity index (χ2n) is 3.61. The van der Waals surface area contributed by atoms with Crippen molar-refractivity contribution in [1.82, 2.24) is 15.3 Å². The van der Waals surface area contributed by atoms with E-state index in [0.717, 1.165) is 0 Å². The summed E-state index contributed by atoms with van der Waals surface area (Å²) < 4.78 is 0. The molecule has 0 radical (unpaired) electrons. The van der Waals surface area contributed by atoms with Crippen LogP contribution in [0.5, 0.6) is 0 Å². The summed E-state index contributed by atoms with van der Waals surface area (Å²) >= 11 is 1.25. The monoisotopic (exact) mass is 269 g/mol. The number of hydrogen-bond acceptors (Lipinski definition) is 5. The summed E-state index contributed by atoms with van der Waals surface area (Å²) in [6.07, 6.45) is 0.322. The molecule has 0 aliphatic heterocycles. The molecule has 1 rings (SSSR count). The van der Waals surface area contributed by atoms with E-state index in [-0.39, 0.29) is 11.5 Å². The molecule has 0 aromatic carbocycles. The number of amides is 1. The molecule has 98 valence electrons. The molecule has 2 N–H and O–H groups in total. The highest BCUT2D eigenvalue weighted by atomic mass is 32.2. The molecule has 1 amide bonds. The van der Waals surface area contributed by atoms with Crippen molar-refractivity contribution in [2.75, 3.05) is 12.8 Å². The quantitative estimate of drug-likeness (QED) is 0.612. The van der Waals surface area contributed by atoms with Gasteiger partial charge in [-0.2, -0.15) is 0 Å². The maximum absolute atomic E-state index is 11.1. The van der Waals surface area contributed by atoms with Gasteiger partial charge in [-0.25, -0.2) is 14.8 Å². The van der Waals surface area contributed by atoms with Crippen LogP contribution in [0.1, 0.15) is 28.3 Å². The Balaban J connectivity index is 2.87. The van der Waals surface area contributed by atoms with Gasteiger partial charge in [-0.3, -0.25) is 4.79 Å². The zero-order chi connectivity index (χ0) is 13.7. The van der Waals surface area contributed by atoms with E-state index in [2.05, 4.69) is 15.3 Å². The van der Waals surface area contributed by atoms with Crippen molar-refractivity contribution in [2.24, 2.45) is 0 Å². The summed E-state index contributed by atoms with van der Waals surface area (Å²) in [5.41, 5.74) is 0.556. The van der Waals surface area contributed by atoms with Gasteiger partial charge in [0.1, 0.15) is 16.4 Å². The maximum atomic E-state index is 11.1. The first-order valence-electron chi connectivity index (χ1n) is 5.37. The number of nitrogens with one attached hydrogen (secondary N) is 1. The topological polar surface area (TPSA) is 92.2 Å². The Morgan fingerprint density at radius 1 is 1.33 bits per heavy atom. The zero-order valence-corrected chi connectivity index (χ0v) is 11.3. The lowest BCUT2D eigenvalue weighted by atomic mass is 10.2. The number of nitrogens with zero attached hydrogens (tertiary/aromatic N) is 2. The molecule has 7 heteroatoms. The van der Waals surface area contributed by atoms with Crippen molar-refractivity contribution in [1.29, 1.82) is 0 Å². The number of carboxylic acids is 1. The fourth-order valence-corrected chi connectivity index (χ4v) is 2.45. The van der Waals surface area contributed by atoms with Gasteiger partial charge in [0.05, 0.1) is 5.69 Å². The Morgan fingerprint density at radius 2 is 2.00 bits per heavy atom. The van der Waals surface area contributed by atoms with Crippen molar-refractivity contribution in [2.45, 2.75) is 25.3 Å². The molecule has 0 unspecified atom stereocenters. The van der Waals surface area contributed by atoms with Crippen LogP contribution in [0.2, 0.25) is 0 Å². The zero-order valence-electron chi connectivity index (χ0n) is 10.5. The first-order valence-corrected chi connectivity index (χ1v) is 6.36. The van der Waals surface area contributed by atoms with E-state index in [1.54, 1.807) is 20.9 Å². The minimum absolute atomic E-state index is 0.0816. The predicted molar refractivity (Wildman–Crippen MR) is 67.9 cm³/mol. The molecule has 0 aliphatic rings. The average molecular weight is 269 g/mol. The smallest absolute Gasteiger partial charge is 0.340 e. The van der Waals surface area contributed by atoms with Crippen LogP contribution in [0.4, 0.5) is 0 Å². The van der Waals surface area contributed by atoms with Crippen LogP contribution < -0.4 is 5.32 Å². The van der Waals surface area contributed by atoms with Crippen molar-refractivity contribution < 1.29 is 14.7 Å². The van der Waals surface area contributed by atoms with E-state index in [1.807, 2.05) is 0 Å². The first-order chi connectivity index (χ1) is 8.45. The summed E-state index contributed by atoms with van der Waals surface area (Å²) in [6.45, 7) is 3.35. The fraction of sp³-hybridized carbons (Fsp3) is 0.455. The van der Waals surface area contributed by atoms with Crippen LogP contribution in [0.15, 0.2) is 5.03 Å². The number of hydrogen-bond donors (Lipinski definition) is 2. The Bertz CT molecular complexity index is 477. The van der Waals surface area contributed by atoms with E-state index in [1.165, 1.54) is 11.8 Å². The van der Waals surface area contributed by atoms with Gasteiger partial charge in [-0.05, 0) is 13.8 Å². The molecular weight excluding hydrogens is 254 g/mol. The maximum Gasteiger partial charge on any atom is 0.340 e. The number of rotatable bonds is 5. The Morgan fingerprint density at radius 3 is 2.56 bits per heavy atom. The molecule has 0 bridgehead atoms. The molecule has 0 atom stereocenters. The van der Waals surface area contributed by atoms with Crippen molar-refractivity contribution >= 4 is 23.6 Å². The first kappa shape index (κ1) is 14.4. The molecule has 0 aliphatic carbocycles. The lowest BCUT2D eigenvalue weighted by molar-refractivity contribution is -0.120. The van der Waals surface area contributed by atoms with Gasteiger partial charge in [0, 0.05) is 19.2 Å². The number of aryl methyl sites for hydroxylation is 2. The standard InChI is InChI=1S/C11H15N3O3S/c1-6-9(11(16)17)10(14-7(2)13-6)18-5-4-8(15)12-3/h4-5H2,1-3H3,(H,12,15)(H,16,17). The van der Waals surface area contributed by atoms with E-state index in [0.29, 0.717) is 28.7 Å². The van der Waals surface area contributed by atoms with Gasteiger partial charge in [0.15, 0.2) is 0 Å². The largest absolute Gasteiger partial charge is 0.478 e. The second-order valence-corrected chi connectivity index (χ2v) is 4.70. The highest BCUT2D eigenvalue weighted by molar-refractivity contribution is 7.99. The number of carbonyl (C=O) groups is 2. The summed E-state index contributed by atoms with van der Waals surface area (Å²) in [5.74, 6) is -0.118. The van der Waals surface area contributed by atoms with Crippen LogP contribution >= 0.6 is 11.8 Å². The van der Waals surface area contributed by atoms with Crippen LogP contribution in [0.3, 0.4) is 0 Å². The second kappa shape index (κ2) is 6.34. The molecular formula is C11H15N3O3S. The average Bonchev–Trinajstić information content (AvgIpc) is 2.27. The number of thioether (sulfide) groups is 1. The van der Waals surface area contributed by atoms with Crippen molar-refractivity contribution in [3.8, 4) is 0 Å². The lowest BCUT2D eigenvalue weighted by Crippen LogP contribution is -2.18. The number of aromatic carboxylic acids is 1. The summed E-state index contributed by atoms with van der Waals surface area (Å²) in [6, 6.07) is 0. The van der Waals surface area contributed by atoms with Crippen LogP contribution in [-0.4, -0.2) is 39.8 Å². The van der Waals surface area contributed by atoms with Crippen molar-refractivity contribution in [3.05, 3.63) is 17.1 Å². The van der Waals surface area contributed by atoms with Gasteiger partial charge >= 0.3 is 5.97 Å². The highest BCUT2D eigenvalue weighted by Crippen LogP contribution is 2.23. The van der Waals surface area contributed by atoms with E-state index >= 15 is 0 Å². The minimum atomic E-state index is -1.05. The van der Waals surface area contributed by atoms with Gasteiger partial charge in [-0.1, -0.05) is 0 Å². The van der Waals surface area contributed by atoms with Gasteiger partial charge in [0.2, 0.25) is 5.91 Å². The van der Waals surface area contributed by atoms with Gasteiger partial charge < -0.3 is 10.4 Å². The predicted octanol–water partition coefficient (Wildman–Crippen LogP) is 1.02. The van der Waals surface area contributed by atoms with Crippen LogP contribution in [0.25, 0.3) is 0 Å². The third kappa shape index (κ3) is 3.69. The summed E-state index contributed by atoms with van der Waals surface area (Å²) in [4.78, 5) is 30.4. The molecule has 1 aromatic heterocycles. The Kier molecular flexibility index (Phi) is 5.08. The molecule has 0 spiro atoms. The normalized spacial score (nSPS) is 10.2. The highest BCUT2D eigenvalue weighted by Gasteiger charge is 2.17. The fourth-order valence-electron chi connectivity index (χ4n) is 1.40. The van der Waals surface area contributed by atoms with E-state index < -0.39 is 5.97 Å². The van der Waals surface area contributed by atoms with Crippen LogP contribution in [-0.2, 0) is 4.79 Å². The van der Waals surface area contributed by atoms with E-state index in [4.69, 9.17) is 5.11 Å². The number of carbonyl (C=O) groups excluding carboxylic acids is 1. The third-order valence-corrected chi connectivity index (χ3v) is 3.21. The lowest BCUT2D eigenvalue weighted by Gasteiger charge is -2.08. The van der Waals surface area contributed by atoms with E-state index in [9.17, 15) is 9.59 Å². The minimum Gasteiger partial charge on any atom is -0.478 e. The molecule has 6 nitrogen and oxygen atoms in total. The van der Waals surface area contributed by atoms with Gasteiger partial charge in [-0.15, -0.1) is 11.8 Å². The number of carboxylic acid groups (broad SMARTS) is 1. The number of aromatic nitrogens is 2. The summed E-state index contributed by atoms with van der Waals surface area (Å²) in [5, 5.41) is 12.0. The summed E-state index contributed by atoms with van der Waals surface area (Å²) in [7, 11) is 1.56. The molecule has 0 fully saturated rings. The Hall–Kier alpha value is -1.63. The molecule has 0 saturated carbocycles. The molecule has 18 heavy (non-hydrogen) atoms. The van der Waals surface area contributed by atoms with Gasteiger partial charge in [0.25, 0.3) is 0 Å². The molecule has 1 heterocycles. The Labute approximate surface area is 109 Å². The third-order valence-electron chi connectivity index (χ3n) is 2.23. The van der Waals surface area contributed by atoms with Crippen LogP contribution in [0, 0.1) is 13.8 Å². The SMILES string of the molecule is CNC(=O)CCSc1nc(C)nc(C)c1C(=O)O. The molecule has 0 saturated heterocycles.